The molecule has 0 fully saturated rings. The van der Waals surface area contributed by atoms with E-state index in [9.17, 15) is 8.42 Å². The molecular formula is C24H22N4O2S. The fourth-order valence-corrected chi connectivity index (χ4v) is 4.35. The Hall–Kier alpha value is -3.84. The van der Waals surface area contributed by atoms with Gasteiger partial charge < -0.3 is 11.1 Å². The molecule has 0 spiro atoms. The van der Waals surface area contributed by atoms with Crippen LogP contribution in [0.2, 0.25) is 0 Å². The smallest absolute Gasteiger partial charge is 0.267 e. The summed E-state index contributed by atoms with van der Waals surface area (Å²) in [4.78, 5) is 4.33. The fourth-order valence-electron chi connectivity index (χ4n) is 3.14. The van der Waals surface area contributed by atoms with Crippen molar-refractivity contribution in [3.05, 3.63) is 109 Å². The van der Waals surface area contributed by atoms with Crippen molar-refractivity contribution in [2.45, 2.75) is 11.3 Å². The van der Waals surface area contributed by atoms with Crippen LogP contribution in [-0.4, -0.2) is 17.4 Å². The first kappa shape index (κ1) is 20.4. The van der Waals surface area contributed by atoms with Gasteiger partial charge in [0.05, 0.1) is 16.3 Å². The number of nitrogens with zero attached hydrogens (tertiary/aromatic N) is 2. The molecule has 0 amide bonds. The molecule has 156 valence electrons. The van der Waals surface area contributed by atoms with E-state index in [4.69, 9.17) is 5.73 Å². The predicted molar refractivity (Wildman–Crippen MR) is 124 cm³/mol. The molecule has 0 aliphatic heterocycles. The van der Waals surface area contributed by atoms with E-state index in [1.807, 2.05) is 42.5 Å². The second-order valence-electron chi connectivity index (χ2n) is 6.96. The second kappa shape index (κ2) is 8.89. The standard InChI is InChI=1S/C24H22N4O2S/c25-23-7-1-2-8-24(23)27-15-3-5-19-13-16-28(18-19)31(29,30)22-11-9-20(10-12-22)21-6-4-14-26-17-21/h1-4,6-18,27H,5,25H2/b15-3+. The number of rotatable bonds is 7. The van der Waals surface area contributed by atoms with Crippen LogP contribution in [0, 0.1) is 0 Å². The molecule has 4 aromatic rings. The summed E-state index contributed by atoms with van der Waals surface area (Å²) in [5, 5.41) is 3.13. The van der Waals surface area contributed by atoms with Gasteiger partial charge in [-0.2, -0.15) is 0 Å². The molecule has 2 aromatic heterocycles. The molecule has 0 radical (unpaired) electrons. The van der Waals surface area contributed by atoms with Gasteiger partial charge in [0.1, 0.15) is 0 Å². The lowest BCUT2D eigenvalue weighted by atomic mass is 10.1. The minimum Gasteiger partial charge on any atom is -0.397 e. The Bertz CT molecular complexity index is 1290. The Morgan fingerprint density at radius 3 is 2.52 bits per heavy atom. The predicted octanol–water partition coefficient (Wildman–Crippen LogP) is 4.54. The molecule has 2 heterocycles. The number of aromatic nitrogens is 2. The topological polar surface area (TPSA) is 90.0 Å². The number of anilines is 2. The minimum atomic E-state index is -3.65. The molecular weight excluding hydrogens is 408 g/mol. The van der Waals surface area contributed by atoms with Crippen molar-refractivity contribution in [1.82, 2.24) is 8.96 Å². The second-order valence-corrected chi connectivity index (χ2v) is 8.80. The van der Waals surface area contributed by atoms with Gasteiger partial charge in [0.2, 0.25) is 0 Å². The average molecular weight is 431 g/mol. The van der Waals surface area contributed by atoms with E-state index in [-0.39, 0.29) is 4.90 Å². The summed E-state index contributed by atoms with van der Waals surface area (Å²) >= 11 is 0. The van der Waals surface area contributed by atoms with E-state index >= 15 is 0 Å². The third kappa shape index (κ3) is 4.67. The largest absolute Gasteiger partial charge is 0.397 e. The van der Waals surface area contributed by atoms with E-state index in [1.54, 1.807) is 61.3 Å². The summed E-state index contributed by atoms with van der Waals surface area (Å²) < 4.78 is 27.2. The number of para-hydroxylation sites is 2. The molecule has 0 bridgehead atoms. The molecule has 4 rings (SSSR count). The molecule has 2 aromatic carbocycles. The van der Waals surface area contributed by atoms with E-state index in [1.165, 1.54) is 3.97 Å². The molecule has 0 aliphatic carbocycles. The Balaban J connectivity index is 1.44. The Labute approximate surface area is 181 Å². The van der Waals surface area contributed by atoms with E-state index in [0.717, 1.165) is 22.4 Å². The van der Waals surface area contributed by atoms with Crippen LogP contribution >= 0.6 is 0 Å². The molecule has 31 heavy (non-hydrogen) atoms. The molecule has 0 atom stereocenters. The van der Waals surface area contributed by atoms with Crippen LogP contribution in [0.5, 0.6) is 0 Å². The van der Waals surface area contributed by atoms with Crippen LogP contribution in [0.15, 0.2) is 109 Å². The first-order valence-corrected chi connectivity index (χ1v) is 11.2. The van der Waals surface area contributed by atoms with Gasteiger partial charge in [-0.05, 0) is 65.7 Å². The third-order valence-corrected chi connectivity index (χ3v) is 6.47. The SMILES string of the molecule is Nc1ccccc1N/C=C/Cc1ccn(S(=O)(=O)c2ccc(-c3cccnc3)cc2)c1. The van der Waals surface area contributed by atoms with Crippen molar-refractivity contribution < 1.29 is 8.42 Å². The molecule has 7 heteroatoms. The highest BCUT2D eigenvalue weighted by molar-refractivity contribution is 7.90. The Kier molecular flexibility index (Phi) is 5.86. The van der Waals surface area contributed by atoms with Crippen LogP contribution < -0.4 is 11.1 Å². The minimum absolute atomic E-state index is 0.235. The van der Waals surface area contributed by atoms with Crippen molar-refractivity contribution in [2.75, 3.05) is 11.1 Å². The van der Waals surface area contributed by atoms with Crippen molar-refractivity contribution in [3.63, 3.8) is 0 Å². The maximum atomic E-state index is 13.0. The lowest BCUT2D eigenvalue weighted by Gasteiger charge is -2.07. The normalized spacial score (nSPS) is 11.6. The molecule has 3 N–H and O–H groups in total. The number of pyridine rings is 1. The van der Waals surface area contributed by atoms with Crippen LogP contribution in [-0.2, 0) is 16.4 Å². The maximum Gasteiger partial charge on any atom is 0.267 e. The Morgan fingerprint density at radius 2 is 1.77 bits per heavy atom. The highest BCUT2D eigenvalue weighted by Crippen LogP contribution is 2.22. The van der Waals surface area contributed by atoms with E-state index < -0.39 is 10.0 Å². The number of nitrogens with one attached hydrogen (secondary N) is 1. The van der Waals surface area contributed by atoms with Crippen LogP contribution in [0.4, 0.5) is 11.4 Å². The molecule has 0 unspecified atom stereocenters. The van der Waals surface area contributed by atoms with Gasteiger partial charge >= 0.3 is 0 Å². The zero-order valence-corrected chi connectivity index (χ0v) is 17.5. The number of nitrogen functional groups attached to an aromatic ring is 1. The summed E-state index contributed by atoms with van der Waals surface area (Å²) in [6, 6.07) is 19.9. The number of hydrogen-bond acceptors (Lipinski definition) is 5. The zero-order chi connectivity index (χ0) is 21.7. The number of nitrogens with two attached hydrogens (primary N) is 1. The molecule has 0 saturated heterocycles. The average Bonchev–Trinajstić information content (AvgIpc) is 3.28. The number of hydrogen-bond donors (Lipinski definition) is 2. The first-order chi connectivity index (χ1) is 15.0. The van der Waals surface area contributed by atoms with Gasteiger partial charge in [-0.1, -0.05) is 36.4 Å². The number of allylic oxidation sites excluding steroid dienone is 1. The van der Waals surface area contributed by atoms with E-state index in [2.05, 4.69) is 10.3 Å². The van der Waals surface area contributed by atoms with Gasteiger partial charge in [0, 0.05) is 24.8 Å². The highest BCUT2D eigenvalue weighted by atomic mass is 32.2. The lowest BCUT2D eigenvalue weighted by molar-refractivity contribution is 0.587. The summed E-state index contributed by atoms with van der Waals surface area (Å²) in [6.45, 7) is 0. The van der Waals surface area contributed by atoms with Crippen molar-refractivity contribution >= 4 is 21.4 Å². The monoisotopic (exact) mass is 430 g/mol. The maximum absolute atomic E-state index is 13.0. The summed E-state index contributed by atoms with van der Waals surface area (Å²) in [5.41, 5.74) is 10.1. The zero-order valence-electron chi connectivity index (χ0n) is 16.7. The van der Waals surface area contributed by atoms with Crippen molar-refractivity contribution in [1.29, 1.82) is 0 Å². The quantitative estimate of drug-likeness (QED) is 0.420. The van der Waals surface area contributed by atoms with Crippen LogP contribution in [0.3, 0.4) is 0 Å². The lowest BCUT2D eigenvalue weighted by Crippen LogP contribution is -2.10. The summed E-state index contributed by atoms with van der Waals surface area (Å²) in [7, 11) is -3.65. The molecule has 0 saturated carbocycles. The van der Waals surface area contributed by atoms with Crippen molar-refractivity contribution in [2.24, 2.45) is 0 Å². The molecule has 0 aliphatic rings. The van der Waals surface area contributed by atoms with E-state index in [0.29, 0.717) is 12.1 Å². The highest BCUT2D eigenvalue weighted by Gasteiger charge is 2.16. The van der Waals surface area contributed by atoms with Gasteiger partial charge in [-0.3, -0.25) is 4.98 Å². The van der Waals surface area contributed by atoms with Crippen molar-refractivity contribution in [3.8, 4) is 11.1 Å². The van der Waals surface area contributed by atoms with Gasteiger partial charge in [-0.15, -0.1) is 0 Å². The molecule has 6 nitrogen and oxygen atoms in total. The van der Waals surface area contributed by atoms with Crippen LogP contribution in [0.25, 0.3) is 11.1 Å². The summed E-state index contributed by atoms with van der Waals surface area (Å²) in [6.07, 6.45) is 10.9. The summed E-state index contributed by atoms with van der Waals surface area (Å²) in [5.74, 6) is 0. The Morgan fingerprint density at radius 1 is 0.968 bits per heavy atom. The first-order valence-electron chi connectivity index (χ1n) is 9.73. The fraction of sp³-hybridized carbons (Fsp3) is 0.0417. The van der Waals surface area contributed by atoms with Gasteiger partial charge in [0.25, 0.3) is 10.0 Å². The third-order valence-electron chi connectivity index (χ3n) is 4.82. The van der Waals surface area contributed by atoms with Crippen LogP contribution in [0.1, 0.15) is 5.56 Å². The van der Waals surface area contributed by atoms with Gasteiger partial charge in [-0.25, -0.2) is 12.4 Å². The number of benzene rings is 2. The van der Waals surface area contributed by atoms with Gasteiger partial charge in [0.15, 0.2) is 0 Å².